The van der Waals surface area contributed by atoms with E-state index in [-0.39, 0.29) is 5.91 Å². The van der Waals surface area contributed by atoms with E-state index in [9.17, 15) is 4.79 Å². The monoisotopic (exact) mass is 181 g/mol. The fourth-order valence-electron chi connectivity index (χ4n) is 1.81. The summed E-state index contributed by atoms with van der Waals surface area (Å²) in [7, 11) is 0. The first-order valence-corrected chi connectivity index (χ1v) is 4.95. The molecule has 0 bridgehead atoms. The zero-order chi connectivity index (χ0) is 9.10. The molecule has 1 N–H and O–H groups in total. The Morgan fingerprint density at radius 3 is 3.08 bits per heavy atom. The van der Waals surface area contributed by atoms with Crippen molar-refractivity contribution < 1.29 is 9.53 Å². The smallest absolute Gasteiger partial charge is 0.224 e. The minimum atomic E-state index is 0.151. The molecule has 72 valence electrons. The van der Waals surface area contributed by atoms with E-state index in [2.05, 4.69) is 11.4 Å². The summed E-state index contributed by atoms with van der Waals surface area (Å²) in [6.45, 7) is 0.903. The van der Waals surface area contributed by atoms with Crippen LogP contribution in [0.2, 0.25) is 0 Å². The van der Waals surface area contributed by atoms with Crippen molar-refractivity contribution in [2.75, 3.05) is 6.61 Å². The van der Waals surface area contributed by atoms with Crippen LogP contribution in [0.25, 0.3) is 0 Å². The summed E-state index contributed by atoms with van der Waals surface area (Å²) in [6.07, 6.45) is 7.34. The Labute approximate surface area is 78.1 Å². The van der Waals surface area contributed by atoms with Gasteiger partial charge < -0.3 is 10.1 Å². The maximum atomic E-state index is 10.9. The molecular weight excluding hydrogens is 166 g/mol. The van der Waals surface area contributed by atoms with Gasteiger partial charge in [-0.1, -0.05) is 6.08 Å². The maximum absolute atomic E-state index is 10.9. The van der Waals surface area contributed by atoms with Gasteiger partial charge in [-0.15, -0.1) is 0 Å². The van der Waals surface area contributed by atoms with E-state index in [1.54, 1.807) is 0 Å². The van der Waals surface area contributed by atoms with Crippen LogP contribution in [0.4, 0.5) is 0 Å². The van der Waals surface area contributed by atoms with Crippen LogP contribution in [-0.2, 0) is 9.53 Å². The van der Waals surface area contributed by atoms with Crippen molar-refractivity contribution in [1.82, 2.24) is 5.32 Å². The van der Waals surface area contributed by atoms with E-state index in [1.165, 1.54) is 6.42 Å². The fourth-order valence-corrected chi connectivity index (χ4v) is 1.81. The highest BCUT2D eigenvalue weighted by molar-refractivity contribution is 5.80. The number of carbonyl (C=O) groups excluding carboxylic acids is 1. The van der Waals surface area contributed by atoms with Gasteiger partial charge in [-0.25, -0.2) is 0 Å². The molecule has 0 spiro atoms. The SMILES string of the molecule is O=C1CC/C(=C\CC2CCCO2)N1. The molecule has 2 aliphatic rings. The van der Waals surface area contributed by atoms with E-state index in [4.69, 9.17) is 4.74 Å². The minimum absolute atomic E-state index is 0.151. The van der Waals surface area contributed by atoms with Crippen molar-refractivity contribution in [2.45, 2.75) is 38.2 Å². The summed E-state index contributed by atoms with van der Waals surface area (Å²) in [5.41, 5.74) is 1.08. The van der Waals surface area contributed by atoms with Crippen molar-refractivity contribution in [3.05, 3.63) is 11.8 Å². The van der Waals surface area contributed by atoms with E-state index in [0.717, 1.165) is 31.6 Å². The molecule has 2 aliphatic heterocycles. The molecule has 3 nitrogen and oxygen atoms in total. The Morgan fingerprint density at radius 1 is 1.54 bits per heavy atom. The number of hydrogen-bond acceptors (Lipinski definition) is 2. The van der Waals surface area contributed by atoms with Gasteiger partial charge in [-0.3, -0.25) is 4.79 Å². The molecule has 0 aromatic heterocycles. The van der Waals surface area contributed by atoms with Gasteiger partial charge in [0.1, 0.15) is 0 Å². The number of ether oxygens (including phenoxy) is 1. The summed E-state index contributed by atoms with van der Waals surface area (Å²) >= 11 is 0. The van der Waals surface area contributed by atoms with Crippen LogP contribution in [0.5, 0.6) is 0 Å². The molecule has 1 amide bonds. The Kier molecular flexibility index (Phi) is 2.64. The lowest BCUT2D eigenvalue weighted by Crippen LogP contribution is -2.12. The Hall–Kier alpha value is -0.830. The van der Waals surface area contributed by atoms with Gasteiger partial charge in [-0.2, -0.15) is 0 Å². The summed E-state index contributed by atoms with van der Waals surface area (Å²) in [5, 5.41) is 2.84. The predicted octanol–water partition coefficient (Wildman–Crippen LogP) is 1.35. The average Bonchev–Trinajstić information content (AvgIpc) is 2.71. The second-order valence-corrected chi connectivity index (χ2v) is 3.65. The average molecular weight is 181 g/mol. The molecule has 0 saturated carbocycles. The van der Waals surface area contributed by atoms with Gasteiger partial charge in [0, 0.05) is 18.7 Å². The van der Waals surface area contributed by atoms with E-state index < -0.39 is 0 Å². The number of nitrogens with one attached hydrogen (secondary N) is 1. The molecule has 0 aromatic rings. The zero-order valence-electron chi connectivity index (χ0n) is 7.71. The van der Waals surface area contributed by atoms with Crippen molar-refractivity contribution >= 4 is 5.91 Å². The van der Waals surface area contributed by atoms with E-state index in [1.807, 2.05) is 0 Å². The first-order chi connectivity index (χ1) is 6.34. The van der Waals surface area contributed by atoms with Crippen LogP contribution in [0.3, 0.4) is 0 Å². The standard InChI is InChI=1S/C10H15NO2/c12-10-6-4-8(11-10)3-5-9-2-1-7-13-9/h3,9H,1-2,4-7H2,(H,11,12)/b8-3+. The Balaban J connectivity index is 1.79. The van der Waals surface area contributed by atoms with Crippen LogP contribution in [0.1, 0.15) is 32.1 Å². The molecule has 0 radical (unpaired) electrons. The number of amides is 1. The summed E-state index contributed by atoms with van der Waals surface area (Å²) in [5.74, 6) is 0.151. The molecule has 3 heteroatoms. The summed E-state index contributed by atoms with van der Waals surface area (Å²) < 4.78 is 5.48. The first kappa shape index (κ1) is 8.75. The highest BCUT2D eigenvalue weighted by Gasteiger charge is 2.17. The third-order valence-corrected chi connectivity index (χ3v) is 2.57. The van der Waals surface area contributed by atoms with Crippen molar-refractivity contribution in [3.63, 3.8) is 0 Å². The molecule has 2 saturated heterocycles. The zero-order valence-corrected chi connectivity index (χ0v) is 7.71. The van der Waals surface area contributed by atoms with Crippen LogP contribution in [0.15, 0.2) is 11.8 Å². The second-order valence-electron chi connectivity index (χ2n) is 3.65. The van der Waals surface area contributed by atoms with Gasteiger partial charge in [0.2, 0.25) is 5.91 Å². The molecule has 1 unspecified atom stereocenters. The molecule has 2 rings (SSSR count). The highest BCUT2D eigenvalue weighted by atomic mass is 16.5. The van der Waals surface area contributed by atoms with E-state index >= 15 is 0 Å². The quantitative estimate of drug-likeness (QED) is 0.698. The predicted molar refractivity (Wildman–Crippen MR) is 49.1 cm³/mol. The molecule has 0 aliphatic carbocycles. The van der Waals surface area contributed by atoms with Crippen LogP contribution in [0, 0.1) is 0 Å². The molecule has 1 atom stereocenters. The molecule has 0 aromatic carbocycles. The van der Waals surface area contributed by atoms with Crippen molar-refractivity contribution in [2.24, 2.45) is 0 Å². The third-order valence-electron chi connectivity index (χ3n) is 2.57. The van der Waals surface area contributed by atoms with Gasteiger partial charge in [0.05, 0.1) is 6.10 Å². The normalized spacial score (nSPS) is 31.2. The van der Waals surface area contributed by atoms with Crippen LogP contribution < -0.4 is 5.32 Å². The number of carbonyl (C=O) groups is 1. The van der Waals surface area contributed by atoms with Crippen LogP contribution in [-0.4, -0.2) is 18.6 Å². The lowest BCUT2D eigenvalue weighted by Gasteiger charge is -2.05. The first-order valence-electron chi connectivity index (χ1n) is 4.95. The third kappa shape index (κ3) is 2.31. The Bertz CT molecular complexity index is 229. The number of allylic oxidation sites excluding steroid dienone is 1. The van der Waals surface area contributed by atoms with Gasteiger partial charge in [-0.05, 0) is 25.7 Å². The minimum Gasteiger partial charge on any atom is -0.378 e. The van der Waals surface area contributed by atoms with Gasteiger partial charge in [0.25, 0.3) is 0 Å². The topological polar surface area (TPSA) is 38.3 Å². The van der Waals surface area contributed by atoms with Crippen molar-refractivity contribution in [3.8, 4) is 0 Å². The van der Waals surface area contributed by atoms with Crippen molar-refractivity contribution in [1.29, 1.82) is 0 Å². The summed E-state index contributed by atoms with van der Waals surface area (Å²) in [4.78, 5) is 10.9. The lowest BCUT2D eigenvalue weighted by atomic mass is 10.1. The molecule has 2 heterocycles. The van der Waals surface area contributed by atoms with Gasteiger partial charge >= 0.3 is 0 Å². The number of rotatable bonds is 2. The van der Waals surface area contributed by atoms with E-state index in [0.29, 0.717) is 12.5 Å². The fraction of sp³-hybridized carbons (Fsp3) is 0.700. The summed E-state index contributed by atoms with van der Waals surface area (Å²) in [6, 6.07) is 0. The highest BCUT2D eigenvalue weighted by Crippen LogP contribution is 2.18. The second kappa shape index (κ2) is 3.92. The Morgan fingerprint density at radius 2 is 2.46 bits per heavy atom. The molecule has 13 heavy (non-hydrogen) atoms. The van der Waals surface area contributed by atoms with Gasteiger partial charge in [0.15, 0.2) is 0 Å². The number of hydrogen-bond donors (Lipinski definition) is 1. The largest absolute Gasteiger partial charge is 0.378 e. The molecule has 2 fully saturated rings. The maximum Gasteiger partial charge on any atom is 0.224 e. The molecular formula is C10H15NO2. The van der Waals surface area contributed by atoms with Crippen LogP contribution >= 0.6 is 0 Å². The lowest BCUT2D eigenvalue weighted by molar-refractivity contribution is -0.118.